The number of rotatable bonds is 2. The van der Waals surface area contributed by atoms with Crippen molar-refractivity contribution in [3.05, 3.63) is 34.6 Å². The average molecular weight is 359 g/mol. The summed E-state index contributed by atoms with van der Waals surface area (Å²) in [6.45, 7) is 1.34. The van der Waals surface area contributed by atoms with Gasteiger partial charge in [0.1, 0.15) is 13.2 Å². The van der Waals surface area contributed by atoms with Gasteiger partial charge in [-0.3, -0.25) is 9.59 Å². The number of nitrogens with zero attached hydrogens (tertiary/aromatic N) is 3. The summed E-state index contributed by atoms with van der Waals surface area (Å²) in [7, 11) is 1.84. The third kappa shape index (κ3) is 3.05. The molecule has 1 atom stereocenters. The second kappa shape index (κ2) is 6.36. The Hall–Kier alpha value is -2.61. The van der Waals surface area contributed by atoms with Gasteiger partial charge in [-0.25, -0.2) is 0 Å². The highest BCUT2D eigenvalue weighted by molar-refractivity contribution is 7.07. The van der Waals surface area contributed by atoms with E-state index >= 15 is 0 Å². The lowest BCUT2D eigenvalue weighted by Gasteiger charge is -2.22. The molecule has 1 saturated heterocycles. The molecule has 2 aliphatic rings. The van der Waals surface area contributed by atoms with E-state index in [-0.39, 0.29) is 18.2 Å². The molecule has 8 heteroatoms. The molecule has 1 aromatic heterocycles. The van der Waals surface area contributed by atoms with Gasteiger partial charge in [0.2, 0.25) is 5.91 Å². The van der Waals surface area contributed by atoms with Gasteiger partial charge >= 0.3 is 0 Å². The predicted octanol–water partition coefficient (Wildman–Crippen LogP) is 1.34. The molecule has 25 heavy (non-hydrogen) atoms. The fraction of sp³-hybridized carbons (Fsp3) is 0.353. The third-order valence-corrected chi connectivity index (χ3v) is 5.13. The molecule has 130 valence electrons. The minimum atomic E-state index is -0.428. The number of hydrogen-bond donors (Lipinski definition) is 0. The van der Waals surface area contributed by atoms with Crippen molar-refractivity contribution in [3.63, 3.8) is 0 Å². The minimum absolute atomic E-state index is 0.0826. The highest BCUT2D eigenvalue weighted by Gasteiger charge is 2.35. The summed E-state index contributed by atoms with van der Waals surface area (Å²) in [4.78, 5) is 31.2. The van der Waals surface area contributed by atoms with E-state index in [0.29, 0.717) is 41.7 Å². The maximum absolute atomic E-state index is 12.4. The topological polar surface area (TPSA) is 73.1 Å². The third-order valence-electron chi connectivity index (χ3n) is 4.28. The van der Waals surface area contributed by atoms with Gasteiger partial charge in [0.25, 0.3) is 5.91 Å². The Morgan fingerprint density at radius 1 is 1.28 bits per heavy atom. The zero-order valence-corrected chi connectivity index (χ0v) is 14.5. The Bertz CT molecular complexity index is 901. The number of amides is 2. The van der Waals surface area contributed by atoms with Crippen LogP contribution in [0.4, 0.5) is 5.69 Å². The lowest BCUT2D eigenvalue weighted by atomic mass is 10.1. The Morgan fingerprint density at radius 2 is 2.08 bits per heavy atom. The molecule has 2 aliphatic heterocycles. The van der Waals surface area contributed by atoms with Crippen LogP contribution in [-0.2, 0) is 16.6 Å². The molecule has 2 amide bonds. The van der Waals surface area contributed by atoms with E-state index in [4.69, 9.17) is 9.47 Å². The normalized spacial score (nSPS) is 20.2. The highest BCUT2D eigenvalue weighted by atomic mass is 32.1. The van der Waals surface area contributed by atoms with Crippen molar-refractivity contribution in [1.82, 2.24) is 4.57 Å². The lowest BCUT2D eigenvalue weighted by Crippen LogP contribution is -2.26. The SMILES string of the molecule is Cn1ccsc1=NC(=O)[C@@H]1CC(=O)N(c2ccc3c(c2)OCCO3)C1. The fourth-order valence-electron chi connectivity index (χ4n) is 2.94. The van der Waals surface area contributed by atoms with Crippen molar-refractivity contribution >= 4 is 28.8 Å². The first kappa shape index (κ1) is 15.9. The first-order valence-electron chi connectivity index (χ1n) is 8.00. The van der Waals surface area contributed by atoms with Crippen LogP contribution in [0.25, 0.3) is 0 Å². The quantitative estimate of drug-likeness (QED) is 0.811. The number of aryl methyl sites for hydroxylation is 1. The average Bonchev–Trinajstić information content (AvgIpc) is 3.20. The molecule has 1 aromatic carbocycles. The van der Waals surface area contributed by atoms with E-state index in [2.05, 4.69) is 4.99 Å². The summed E-state index contributed by atoms with van der Waals surface area (Å²) in [5.41, 5.74) is 0.714. The van der Waals surface area contributed by atoms with Crippen LogP contribution in [0.5, 0.6) is 11.5 Å². The number of carbonyl (C=O) groups is 2. The fourth-order valence-corrected chi connectivity index (χ4v) is 3.68. The second-order valence-corrected chi connectivity index (χ2v) is 6.85. The Balaban J connectivity index is 1.54. The number of ether oxygens (including phenoxy) is 2. The number of hydrogen-bond acceptors (Lipinski definition) is 5. The Kier molecular flexibility index (Phi) is 4.04. The molecule has 0 N–H and O–H groups in total. The van der Waals surface area contributed by atoms with Crippen LogP contribution < -0.4 is 19.2 Å². The van der Waals surface area contributed by atoms with Crippen molar-refractivity contribution in [1.29, 1.82) is 0 Å². The van der Waals surface area contributed by atoms with E-state index in [1.165, 1.54) is 11.3 Å². The Labute approximate surface area is 148 Å². The van der Waals surface area contributed by atoms with Crippen molar-refractivity contribution in [2.75, 3.05) is 24.7 Å². The van der Waals surface area contributed by atoms with Crippen LogP contribution in [0.1, 0.15) is 6.42 Å². The van der Waals surface area contributed by atoms with Crippen LogP contribution in [-0.4, -0.2) is 36.1 Å². The molecule has 0 bridgehead atoms. The van der Waals surface area contributed by atoms with E-state index in [1.54, 1.807) is 21.6 Å². The summed E-state index contributed by atoms with van der Waals surface area (Å²) >= 11 is 1.40. The van der Waals surface area contributed by atoms with E-state index in [9.17, 15) is 9.59 Å². The first-order valence-corrected chi connectivity index (χ1v) is 8.88. The molecule has 0 radical (unpaired) electrons. The van der Waals surface area contributed by atoms with E-state index < -0.39 is 5.92 Å². The number of benzene rings is 1. The van der Waals surface area contributed by atoms with Crippen LogP contribution in [0.15, 0.2) is 34.8 Å². The summed E-state index contributed by atoms with van der Waals surface area (Å²) in [5, 5.41) is 1.87. The summed E-state index contributed by atoms with van der Waals surface area (Å²) in [5.74, 6) is 0.533. The number of fused-ring (bicyclic) bond motifs is 1. The van der Waals surface area contributed by atoms with Crippen LogP contribution in [0.2, 0.25) is 0 Å². The van der Waals surface area contributed by atoms with E-state index in [0.717, 1.165) is 0 Å². The summed E-state index contributed by atoms with van der Waals surface area (Å²) in [6, 6.07) is 5.40. The number of anilines is 1. The van der Waals surface area contributed by atoms with Gasteiger partial charge in [-0.1, -0.05) is 0 Å². The van der Waals surface area contributed by atoms with Gasteiger partial charge < -0.3 is 18.9 Å². The molecule has 0 aliphatic carbocycles. The zero-order valence-electron chi connectivity index (χ0n) is 13.7. The smallest absolute Gasteiger partial charge is 0.253 e. The maximum atomic E-state index is 12.4. The monoisotopic (exact) mass is 359 g/mol. The van der Waals surface area contributed by atoms with Crippen molar-refractivity contribution < 1.29 is 19.1 Å². The number of carbonyl (C=O) groups excluding carboxylic acids is 2. The maximum Gasteiger partial charge on any atom is 0.253 e. The van der Waals surface area contributed by atoms with Crippen LogP contribution in [0, 0.1) is 5.92 Å². The lowest BCUT2D eigenvalue weighted by molar-refractivity contribution is -0.123. The predicted molar refractivity (Wildman–Crippen MR) is 91.8 cm³/mol. The van der Waals surface area contributed by atoms with Crippen LogP contribution in [0.3, 0.4) is 0 Å². The molecule has 2 aromatic rings. The van der Waals surface area contributed by atoms with Gasteiger partial charge in [-0.2, -0.15) is 4.99 Å². The summed E-state index contributed by atoms with van der Waals surface area (Å²) < 4.78 is 12.9. The molecular formula is C17H17N3O4S. The van der Waals surface area contributed by atoms with E-state index in [1.807, 2.05) is 24.7 Å². The zero-order chi connectivity index (χ0) is 17.4. The molecule has 0 saturated carbocycles. The van der Waals surface area contributed by atoms with Crippen LogP contribution >= 0.6 is 11.3 Å². The van der Waals surface area contributed by atoms with Crippen molar-refractivity contribution in [2.45, 2.75) is 6.42 Å². The molecule has 0 unspecified atom stereocenters. The van der Waals surface area contributed by atoms with Gasteiger partial charge in [-0.15, -0.1) is 11.3 Å². The molecule has 4 rings (SSSR count). The highest BCUT2D eigenvalue weighted by Crippen LogP contribution is 2.36. The van der Waals surface area contributed by atoms with Gasteiger partial charge in [0, 0.05) is 43.3 Å². The molecule has 3 heterocycles. The van der Waals surface area contributed by atoms with Gasteiger partial charge in [-0.05, 0) is 12.1 Å². The van der Waals surface area contributed by atoms with Gasteiger partial charge in [0.05, 0.1) is 5.92 Å². The van der Waals surface area contributed by atoms with Gasteiger partial charge in [0.15, 0.2) is 16.3 Å². The molecule has 1 fully saturated rings. The number of thiazole rings is 1. The van der Waals surface area contributed by atoms with Crippen molar-refractivity contribution in [3.8, 4) is 11.5 Å². The first-order chi connectivity index (χ1) is 12.1. The largest absolute Gasteiger partial charge is 0.486 e. The Morgan fingerprint density at radius 3 is 2.84 bits per heavy atom. The minimum Gasteiger partial charge on any atom is -0.486 e. The summed E-state index contributed by atoms with van der Waals surface area (Å²) in [6.07, 6.45) is 2.02. The standard InChI is InChI=1S/C17H17N3O4S/c1-19-4-7-25-17(19)18-16(22)11-8-15(21)20(10-11)12-2-3-13-14(9-12)24-6-5-23-13/h2-4,7,9,11H,5-6,8,10H2,1H3/t11-/m1/s1. The number of aromatic nitrogens is 1. The molecule has 0 spiro atoms. The molecule has 7 nitrogen and oxygen atoms in total. The molecular weight excluding hydrogens is 342 g/mol. The van der Waals surface area contributed by atoms with Crippen molar-refractivity contribution in [2.24, 2.45) is 18.0 Å². The second-order valence-electron chi connectivity index (χ2n) is 5.98.